The molecule has 0 bridgehead atoms. The van der Waals surface area contributed by atoms with Gasteiger partial charge in [0, 0.05) is 0 Å². The number of alkyl halides is 6. The van der Waals surface area contributed by atoms with E-state index in [4.69, 9.17) is 5.11 Å². The summed E-state index contributed by atoms with van der Waals surface area (Å²) < 4.78 is 91.2. The van der Waals surface area contributed by atoms with Crippen molar-refractivity contribution in [2.24, 2.45) is 0 Å². The van der Waals surface area contributed by atoms with Crippen LogP contribution in [0.1, 0.15) is 6.92 Å². The third-order valence-corrected chi connectivity index (χ3v) is 3.88. The zero-order valence-electron chi connectivity index (χ0n) is 9.18. The molecule has 12 heteroatoms. The molecule has 0 radical (unpaired) electrons. The Bertz CT molecular complexity index is 333. The number of aliphatic carboxylic acids is 1. The van der Waals surface area contributed by atoms with E-state index in [2.05, 4.69) is 9.05 Å². The summed E-state index contributed by atoms with van der Waals surface area (Å²) in [5, 5.41) is 8.47. The maximum Gasteiger partial charge on any atom is 0.350 e. The third kappa shape index (κ3) is 5.37. The predicted molar refractivity (Wildman–Crippen MR) is 48.7 cm³/mol. The van der Waals surface area contributed by atoms with Crippen LogP contribution in [-0.2, 0) is 18.4 Å². The molecule has 0 aliphatic rings. The van der Waals surface area contributed by atoms with Gasteiger partial charge < -0.3 is 5.11 Å². The van der Waals surface area contributed by atoms with E-state index in [0.717, 1.165) is 0 Å². The van der Waals surface area contributed by atoms with Gasteiger partial charge >= 0.3 is 13.6 Å². The molecule has 0 rings (SSSR count). The van der Waals surface area contributed by atoms with Crippen molar-refractivity contribution >= 4 is 13.6 Å². The molecule has 0 amide bonds. The van der Waals surface area contributed by atoms with Gasteiger partial charge in [-0.15, -0.1) is 0 Å². The second-order valence-corrected chi connectivity index (χ2v) is 5.41. The lowest BCUT2D eigenvalue weighted by Gasteiger charge is -2.24. The van der Waals surface area contributed by atoms with Crippen LogP contribution in [0.25, 0.3) is 0 Å². The Balaban J connectivity index is 5.13. The minimum absolute atomic E-state index is 0.541. The fourth-order valence-electron chi connectivity index (χ4n) is 0.715. The molecule has 0 aromatic rings. The van der Waals surface area contributed by atoms with Crippen molar-refractivity contribution in [2.75, 3.05) is 0 Å². The number of hydrogen-bond donors (Lipinski definition) is 1. The molecule has 0 saturated heterocycles. The molecule has 0 aliphatic carbocycles. The molecule has 0 spiro atoms. The van der Waals surface area contributed by atoms with Crippen LogP contribution in [0.2, 0.25) is 0 Å². The van der Waals surface area contributed by atoms with Gasteiger partial charge in [-0.05, 0) is 6.92 Å². The van der Waals surface area contributed by atoms with Gasteiger partial charge in [0.2, 0.25) is 0 Å². The van der Waals surface area contributed by atoms with Gasteiger partial charge in [-0.2, -0.15) is 0 Å². The third-order valence-electron chi connectivity index (χ3n) is 1.72. The molecule has 114 valence electrons. The van der Waals surface area contributed by atoms with Gasteiger partial charge in [0.25, 0.3) is 25.6 Å². The van der Waals surface area contributed by atoms with Gasteiger partial charge in [0.15, 0.2) is 5.66 Å². The molecular formula is C7H9F6O5P. The lowest BCUT2D eigenvalue weighted by Crippen LogP contribution is -2.27. The van der Waals surface area contributed by atoms with Crippen LogP contribution in [0, 0.1) is 0 Å². The Labute approximate surface area is 103 Å². The Morgan fingerprint density at radius 3 is 1.53 bits per heavy atom. The highest BCUT2D eigenvalue weighted by Crippen LogP contribution is 2.56. The lowest BCUT2D eigenvalue weighted by molar-refractivity contribution is -0.138. The zero-order valence-corrected chi connectivity index (χ0v) is 10.1. The number of carboxylic acids is 1. The maximum absolute atomic E-state index is 12.6. The average Bonchev–Trinajstić information content (AvgIpc) is 2.26. The summed E-state index contributed by atoms with van der Waals surface area (Å²) in [4.78, 5) is 10.5. The van der Waals surface area contributed by atoms with E-state index >= 15 is 0 Å². The van der Waals surface area contributed by atoms with Crippen LogP contribution in [0.4, 0.5) is 26.3 Å². The lowest BCUT2D eigenvalue weighted by atomic mass is 10.5. The van der Waals surface area contributed by atoms with E-state index in [-0.39, 0.29) is 0 Å². The van der Waals surface area contributed by atoms with Crippen LogP contribution in [0.5, 0.6) is 0 Å². The van der Waals surface area contributed by atoms with Crippen molar-refractivity contribution in [3.8, 4) is 0 Å². The van der Waals surface area contributed by atoms with E-state index < -0.39 is 44.8 Å². The highest BCUT2D eigenvalue weighted by Gasteiger charge is 2.45. The molecule has 0 aromatic heterocycles. The van der Waals surface area contributed by atoms with Crippen LogP contribution in [0.15, 0.2) is 0 Å². The smallest absolute Gasteiger partial charge is 0.350 e. The molecule has 0 fully saturated rings. The van der Waals surface area contributed by atoms with Gasteiger partial charge in [0.1, 0.15) is 0 Å². The van der Waals surface area contributed by atoms with E-state index in [1.165, 1.54) is 0 Å². The molecule has 0 aromatic carbocycles. The zero-order chi connectivity index (χ0) is 15.4. The quantitative estimate of drug-likeness (QED) is 0.550. The molecule has 3 unspecified atom stereocenters. The minimum atomic E-state index is -5.40. The number of rotatable bonds is 8. The standard InChI is InChI=1S/C7H9F6O5P/c1-2(7(14)15)19(16,17-5(12)3(8)9)18-6(13)4(10)11/h2-6H,1H3,(H,14,15). The summed E-state index contributed by atoms with van der Waals surface area (Å²) in [6.45, 7) is 0.541. The molecule has 19 heavy (non-hydrogen) atoms. The van der Waals surface area contributed by atoms with E-state index in [1.54, 1.807) is 0 Å². The second-order valence-electron chi connectivity index (χ2n) is 3.14. The fourth-order valence-corrected chi connectivity index (χ4v) is 2.15. The highest BCUT2D eigenvalue weighted by atomic mass is 31.2. The molecule has 0 saturated carbocycles. The Kier molecular flexibility index (Phi) is 6.81. The Morgan fingerprint density at radius 2 is 1.32 bits per heavy atom. The van der Waals surface area contributed by atoms with E-state index in [1.807, 2.05) is 0 Å². The van der Waals surface area contributed by atoms with E-state index in [9.17, 15) is 35.7 Å². The SMILES string of the molecule is CC(C(=O)O)P(=O)(OC(F)C(F)F)OC(F)C(F)F. The first-order chi connectivity index (χ1) is 8.51. The summed E-state index contributed by atoms with van der Waals surface area (Å²) >= 11 is 0. The maximum atomic E-state index is 12.6. The normalized spacial score (nSPS) is 20.1. The first kappa shape index (κ1) is 18.2. The number of carbonyl (C=O) groups is 1. The summed E-state index contributed by atoms with van der Waals surface area (Å²) in [5.41, 5.74) is -2.32. The molecular weight excluding hydrogens is 309 g/mol. The van der Waals surface area contributed by atoms with Gasteiger partial charge in [-0.3, -0.25) is 18.4 Å². The molecule has 5 nitrogen and oxygen atoms in total. The predicted octanol–water partition coefficient (Wildman–Crippen LogP) is 2.81. The van der Waals surface area contributed by atoms with Gasteiger partial charge in [-0.1, -0.05) is 0 Å². The van der Waals surface area contributed by atoms with Crippen LogP contribution < -0.4 is 0 Å². The summed E-state index contributed by atoms with van der Waals surface area (Å²) in [6.07, 6.45) is -14.8. The molecule has 0 aliphatic heterocycles. The molecule has 3 atom stereocenters. The topological polar surface area (TPSA) is 72.8 Å². The number of hydrogen-bond acceptors (Lipinski definition) is 4. The monoisotopic (exact) mass is 318 g/mol. The highest BCUT2D eigenvalue weighted by molar-refractivity contribution is 7.55. The number of carboxylic acid groups (broad SMARTS) is 1. The van der Waals surface area contributed by atoms with Crippen LogP contribution in [0.3, 0.4) is 0 Å². The van der Waals surface area contributed by atoms with Crippen molar-refractivity contribution in [1.82, 2.24) is 0 Å². The van der Waals surface area contributed by atoms with Gasteiger partial charge in [-0.25, -0.2) is 26.3 Å². The molecule has 1 N–H and O–H groups in total. The average molecular weight is 318 g/mol. The molecule has 0 heterocycles. The van der Waals surface area contributed by atoms with Gasteiger partial charge in [0.05, 0.1) is 0 Å². The van der Waals surface area contributed by atoms with Crippen molar-refractivity contribution < 1.29 is 49.9 Å². The minimum Gasteiger partial charge on any atom is -0.481 e. The van der Waals surface area contributed by atoms with Crippen molar-refractivity contribution in [2.45, 2.75) is 38.1 Å². The van der Waals surface area contributed by atoms with Crippen molar-refractivity contribution in [1.29, 1.82) is 0 Å². The number of halogens is 6. The van der Waals surface area contributed by atoms with E-state index in [0.29, 0.717) is 6.92 Å². The Hall–Kier alpha value is -0.800. The first-order valence-corrected chi connectivity index (χ1v) is 6.16. The summed E-state index contributed by atoms with van der Waals surface area (Å²) in [7, 11) is -5.40. The largest absolute Gasteiger partial charge is 0.481 e. The van der Waals surface area contributed by atoms with Crippen LogP contribution in [-0.4, -0.2) is 42.3 Å². The van der Waals surface area contributed by atoms with Crippen molar-refractivity contribution in [3.63, 3.8) is 0 Å². The fraction of sp³-hybridized carbons (Fsp3) is 0.857. The summed E-state index contributed by atoms with van der Waals surface area (Å²) in [5.74, 6) is -1.99. The first-order valence-electron chi connectivity index (χ1n) is 4.55. The van der Waals surface area contributed by atoms with Crippen LogP contribution >= 0.6 is 7.60 Å². The van der Waals surface area contributed by atoms with Crippen molar-refractivity contribution in [3.05, 3.63) is 0 Å². The second kappa shape index (κ2) is 7.11. The Morgan fingerprint density at radius 1 is 1.00 bits per heavy atom. The summed E-state index contributed by atoms with van der Waals surface area (Å²) in [6, 6.07) is 0.